The second-order valence-corrected chi connectivity index (χ2v) is 5.99. The van der Waals surface area contributed by atoms with Crippen LogP contribution in [0, 0.1) is 12.8 Å². The SMILES string of the molecule is CNCc1ccc(C)cc1-c1ccc(CC(C)C)cc1. The maximum Gasteiger partial charge on any atom is 0.0208 e. The molecule has 2 rings (SSSR count). The Morgan fingerprint density at radius 2 is 1.70 bits per heavy atom. The van der Waals surface area contributed by atoms with Crippen molar-refractivity contribution in [3.8, 4) is 11.1 Å². The molecule has 0 unspecified atom stereocenters. The molecule has 0 aliphatic rings. The highest BCUT2D eigenvalue weighted by molar-refractivity contribution is 5.68. The molecule has 0 aliphatic carbocycles. The summed E-state index contributed by atoms with van der Waals surface area (Å²) in [5.41, 5.74) is 6.74. The molecule has 0 aromatic heterocycles. The van der Waals surface area contributed by atoms with Crippen molar-refractivity contribution in [2.75, 3.05) is 7.05 Å². The lowest BCUT2D eigenvalue weighted by atomic mass is 9.95. The lowest BCUT2D eigenvalue weighted by Gasteiger charge is -2.12. The number of hydrogen-bond acceptors (Lipinski definition) is 1. The molecular weight excluding hydrogens is 242 g/mol. The van der Waals surface area contributed by atoms with Gasteiger partial charge in [0.25, 0.3) is 0 Å². The van der Waals surface area contributed by atoms with Crippen molar-refractivity contribution in [1.82, 2.24) is 5.32 Å². The molecule has 106 valence electrons. The summed E-state index contributed by atoms with van der Waals surface area (Å²) in [5, 5.41) is 3.25. The van der Waals surface area contributed by atoms with Crippen molar-refractivity contribution in [3.63, 3.8) is 0 Å². The Morgan fingerprint density at radius 1 is 1.00 bits per heavy atom. The van der Waals surface area contributed by atoms with Crippen LogP contribution in [0.5, 0.6) is 0 Å². The van der Waals surface area contributed by atoms with E-state index in [0.717, 1.165) is 13.0 Å². The molecular formula is C19H25N. The van der Waals surface area contributed by atoms with Gasteiger partial charge in [-0.25, -0.2) is 0 Å². The number of aryl methyl sites for hydroxylation is 1. The number of benzene rings is 2. The molecule has 1 heteroatoms. The Hall–Kier alpha value is -1.60. The van der Waals surface area contributed by atoms with E-state index in [1.807, 2.05) is 7.05 Å². The standard InChI is InChI=1S/C19H25N/c1-14(2)11-16-6-9-17(10-7-16)19-12-15(3)5-8-18(19)13-20-4/h5-10,12,14,20H,11,13H2,1-4H3. The number of hydrogen-bond donors (Lipinski definition) is 1. The van der Waals surface area contributed by atoms with Crippen molar-refractivity contribution in [3.05, 3.63) is 59.2 Å². The topological polar surface area (TPSA) is 12.0 Å². The largest absolute Gasteiger partial charge is 0.316 e. The van der Waals surface area contributed by atoms with Gasteiger partial charge in [0, 0.05) is 6.54 Å². The van der Waals surface area contributed by atoms with Crippen molar-refractivity contribution in [2.24, 2.45) is 5.92 Å². The van der Waals surface area contributed by atoms with E-state index in [0.29, 0.717) is 5.92 Å². The van der Waals surface area contributed by atoms with E-state index in [9.17, 15) is 0 Å². The van der Waals surface area contributed by atoms with Gasteiger partial charge in [0.15, 0.2) is 0 Å². The van der Waals surface area contributed by atoms with Crippen molar-refractivity contribution < 1.29 is 0 Å². The average Bonchev–Trinajstić information content (AvgIpc) is 2.41. The Labute approximate surface area is 123 Å². The van der Waals surface area contributed by atoms with Gasteiger partial charge in [0.1, 0.15) is 0 Å². The minimum atomic E-state index is 0.708. The molecule has 0 fully saturated rings. The summed E-state index contributed by atoms with van der Waals surface area (Å²) < 4.78 is 0. The molecule has 2 aromatic rings. The summed E-state index contributed by atoms with van der Waals surface area (Å²) in [7, 11) is 2.00. The smallest absolute Gasteiger partial charge is 0.0208 e. The summed E-state index contributed by atoms with van der Waals surface area (Å²) in [6.45, 7) is 7.59. The monoisotopic (exact) mass is 267 g/mol. The van der Waals surface area contributed by atoms with E-state index < -0.39 is 0 Å². The van der Waals surface area contributed by atoms with Crippen LogP contribution in [0.2, 0.25) is 0 Å². The Kier molecular flexibility index (Phi) is 4.97. The van der Waals surface area contributed by atoms with Crippen molar-refractivity contribution in [1.29, 1.82) is 0 Å². The highest BCUT2D eigenvalue weighted by Crippen LogP contribution is 2.26. The maximum atomic E-state index is 3.25. The molecule has 0 atom stereocenters. The van der Waals surface area contributed by atoms with Crippen molar-refractivity contribution >= 4 is 0 Å². The first-order valence-electron chi connectivity index (χ1n) is 7.43. The third-order valence-electron chi connectivity index (χ3n) is 3.54. The van der Waals surface area contributed by atoms with Gasteiger partial charge in [0.2, 0.25) is 0 Å². The van der Waals surface area contributed by atoms with Crippen LogP contribution in [-0.2, 0) is 13.0 Å². The van der Waals surface area contributed by atoms with E-state index in [1.165, 1.54) is 27.8 Å². The molecule has 0 spiro atoms. The quantitative estimate of drug-likeness (QED) is 0.836. The van der Waals surface area contributed by atoms with Gasteiger partial charge in [-0.1, -0.05) is 61.9 Å². The van der Waals surface area contributed by atoms with Gasteiger partial charge in [-0.2, -0.15) is 0 Å². The minimum absolute atomic E-state index is 0.708. The fourth-order valence-corrected chi connectivity index (χ4v) is 2.60. The molecule has 0 amide bonds. The Balaban J connectivity index is 2.33. The molecule has 0 radical (unpaired) electrons. The third kappa shape index (κ3) is 3.71. The molecule has 0 saturated carbocycles. The number of rotatable bonds is 5. The second kappa shape index (κ2) is 6.71. The van der Waals surface area contributed by atoms with E-state index in [1.54, 1.807) is 0 Å². The first-order chi connectivity index (χ1) is 9.60. The summed E-state index contributed by atoms with van der Waals surface area (Å²) >= 11 is 0. The highest BCUT2D eigenvalue weighted by atomic mass is 14.8. The Bertz CT molecular complexity index is 552. The van der Waals surface area contributed by atoms with Gasteiger partial charge in [0.05, 0.1) is 0 Å². The van der Waals surface area contributed by atoms with E-state index >= 15 is 0 Å². The molecule has 1 N–H and O–H groups in total. The zero-order valence-electron chi connectivity index (χ0n) is 13.0. The molecule has 0 bridgehead atoms. The second-order valence-electron chi connectivity index (χ2n) is 5.99. The van der Waals surface area contributed by atoms with Crippen LogP contribution in [0.15, 0.2) is 42.5 Å². The summed E-state index contributed by atoms with van der Waals surface area (Å²) in [6.07, 6.45) is 1.15. The fourth-order valence-electron chi connectivity index (χ4n) is 2.60. The molecule has 2 aromatic carbocycles. The zero-order valence-corrected chi connectivity index (χ0v) is 13.0. The van der Waals surface area contributed by atoms with Crippen LogP contribution < -0.4 is 5.32 Å². The zero-order chi connectivity index (χ0) is 14.5. The van der Waals surface area contributed by atoms with Crippen LogP contribution in [0.1, 0.15) is 30.5 Å². The van der Waals surface area contributed by atoms with E-state index in [4.69, 9.17) is 0 Å². The van der Waals surface area contributed by atoms with E-state index in [-0.39, 0.29) is 0 Å². The van der Waals surface area contributed by atoms with Gasteiger partial charge < -0.3 is 5.32 Å². The molecule has 1 nitrogen and oxygen atoms in total. The lowest BCUT2D eigenvalue weighted by molar-refractivity contribution is 0.647. The summed E-state index contributed by atoms with van der Waals surface area (Å²) in [4.78, 5) is 0. The van der Waals surface area contributed by atoms with Crippen LogP contribution in [0.25, 0.3) is 11.1 Å². The predicted octanol–water partition coefficient (Wildman–Crippen LogP) is 4.58. The van der Waals surface area contributed by atoms with Gasteiger partial charge in [-0.05, 0) is 48.6 Å². The fraction of sp³-hybridized carbons (Fsp3) is 0.368. The third-order valence-corrected chi connectivity index (χ3v) is 3.54. The van der Waals surface area contributed by atoms with E-state index in [2.05, 4.69) is 68.6 Å². The van der Waals surface area contributed by atoms with Gasteiger partial charge >= 0.3 is 0 Å². The number of nitrogens with one attached hydrogen (secondary N) is 1. The normalized spacial score (nSPS) is 11.1. The molecule has 0 saturated heterocycles. The predicted molar refractivity (Wildman–Crippen MR) is 87.9 cm³/mol. The summed E-state index contributed by atoms with van der Waals surface area (Å²) in [5.74, 6) is 0.708. The van der Waals surface area contributed by atoms with Gasteiger partial charge in [-0.3, -0.25) is 0 Å². The van der Waals surface area contributed by atoms with Crippen LogP contribution in [0.3, 0.4) is 0 Å². The minimum Gasteiger partial charge on any atom is -0.316 e. The van der Waals surface area contributed by atoms with Crippen LogP contribution in [0.4, 0.5) is 0 Å². The first-order valence-corrected chi connectivity index (χ1v) is 7.43. The Morgan fingerprint density at radius 3 is 2.30 bits per heavy atom. The maximum absolute atomic E-state index is 3.25. The molecule has 20 heavy (non-hydrogen) atoms. The highest BCUT2D eigenvalue weighted by Gasteiger charge is 2.06. The van der Waals surface area contributed by atoms with Gasteiger partial charge in [-0.15, -0.1) is 0 Å². The van der Waals surface area contributed by atoms with Crippen molar-refractivity contribution in [2.45, 2.75) is 33.7 Å². The lowest BCUT2D eigenvalue weighted by Crippen LogP contribution is -2.06. The van der Waals surface area contributed by atoms with Crippen LogP contribution >= 0.6 is 0 Å². The average molecular weight is 267 g/mol. The summed E-state index contributed by atoms with van der Waals surface area (Å²) in [6, 6.07) is 15.7. The molecule has 0 aliphatic heterocycles. The van der Waals surface area contributed by atoms with Crippen LogP contribution in [-0.4, -0.2) is 7.05 Å². The molecule has 0 heterocycles. The first kappa shape index (κ1) is 14.8.